The van der Waals surface area contributed by atoms with Crippen LogP contribution in [0.3, 0.4) is 0 Å². The molecule has 0 bridgehead atoms. The molecule has 24 heavy (non-hydrogen) atoms. The van der Waals surface area contributed by atoms with E-state index in [1.54, 1.807) is 36.4 Å². The third-order valence-electron chi connectivity index (χ3n) is 3.56. The van der Waals surface area contributed by atoms with Crippen molar-refractivity contribution >= 4 is 6.09 Å². The number of hydrogen-bond acceptors (Lipinski definition) is 3. The van der Waals surface area contributed by atoms with Gasteiger partial charge in [-0.05, 0) is 17.7 Å². The lowest BCUT2D eigenvalue weighted by molar-refractivity contribution is 0.200. The summed E-state index contributed by atoms with van der Waals surface area (Å²) < 4.78 is 5.42. The molecule has 3 aromatic carbocycles. The molecular formula is C20H17NO3. The Labute approximate surface area is 140 Å². The lowest BCUT2D eigenvalue weighted by Crippen LogP contribution is -2.26. The minimum absolute atomic E-state index is 0.137. The average Bonchev–Trinajstić information content (AvgIpc) is 2.62. The van der Waals surface area contributed by atoms with Crippen molar-refractivity contribution in [2.45, 2.75) is 6.54 Å². The molecule has 0 unspecified atom stereocenters. The van der Waals surface area contributed by atoms with Crippen molar-refractivity contribution in [2.24, 2.45) is 0 Å². The summed E-state index contributed by atoms with van der Waals surface area (Å²) in [4.78, 5) is 12.1. The van der Waals surface area contributed by atoms with Gasteiger partial charge in [-0.25, -0.2) is 4.79 Å². The van der Waals surface area contributed by atoms with Gasteiger partial charge in [0.05, 0.1) is 0 Å². The van der Waals surface area contributed by atoms with Gasteiger partial charge in [0.1, 0.15) is 11.5 Å². The van der Waals surface area contributed by atoms with Crippen molar-refractivity contribution in [2.75, 3.05) is 0 Å². The van der Waals surface area contributed by atoms with E-state index in [1.165, 1.54) is 0 Å². The SMILES string of the molecule is O=C(NCc1ccccc1)Oc1ccccc1-c1ccccc1O. The van der Waals surface area contributed by atoms with E-state index >= 15 is 0 Å². The van der Waals surface area contributed by atoms with Gasteiger partial charge in [0.25, 0.3) is 0 Å². The van der Waals surface area contributed by atoms with Crippen LogP contribution in [-0.4, -0.2) is 11.2 Å². The molecule has 120 valence electrons. The third-order valence-corrected chi connectivity index (χ3v) is 3.56. The van der Waals surface area contributed by atoms with Crippen molar-refractivity contribution in [1.29, 1.82) is 0 Å². The number of hydrogen-bond donors (Lipinski definition) is 2. The first-order valence-corrected chi connectivity index (χ1v) is 7.61. The number of carbonyl (C=O) groups excluding carboxylic acids is 1. The van der Waals surface area contributed by atoms with Crippen LogP contribution in [0, 0.1) is 0 Å². The number of nitrogens with one attached hydrogen (secondary N) is 1. The normalized spacial score (nSPS) is 10.2. The Kier molecular flexibility index (Phi) is 4.77. The monoisotopic (exact) mass is 319 g/mol. The summed E-state index contributed by atoms with van der Waals surface area (Å²) in [5.41, 5.74) is 2.26. The summed E-state index contributed by atoms with van der Waals surface area (Å²) in [5, 5.41) is 12.7. The van der Waals surface area contributed by atoms with Gasteiger partial charge in [0.2, 0.25) is 0 Å². The van der Waals surface area contributed by atoms with Crippen LogP contribution < -0.4 is 10.1 Å². The second kappa shape index (κ2) is 7.33. The number of phenols is 1. The number of phenolic OH excluding ortho intramolecular Hbond substituents is 1. The topological polar surface area (TPSA) is 58.6 Å². The Bertz CT molecular complexity index is 831. The zero-order chi connectivity index (χ0) is 16.8. The summed E-state index contributed by atoms with van der Waals surface area (Å²) in [5.74, 6) is 0.530. The maximum absolute atomic E-state index is 12.1. The van der Waals surface area contributed by atoms with Crippen LogP contribution in [0.2, 0.25) is 0 Å². The molecule has 1 amide bonds. The smallest absolute Gasteiger partial charge is 0.412 e. The zero-order valence-electron chi connectivity index (χ0n) is 13.0. The van der Waals surface area contributed by atoms with Crippen molar-refractivity contribution in [3.05, 3.63) is 84.4 Å². The van der Waals surface area contributed by atoms with Crippen LogP contribution in [0.5, 0.6) is 11.5 Å². The van der Waals surface area contributed by atoms with E-state index in [0.717, 1.165) is 5.56 Å². The highest BCUT2D eigenvalue weighted by atomic mass is 16.6. The second-order valence-electron chi connectivity index (χ2n) is 5.24. The quantitative estimate of drug-likeness (QED) is 0.751. The lowest BCUT2D eigenvalue weighted by Gasteiger charge is -2.12. The number of amides is 1. The van der Waals surface area contributed by atoms with Gasteiger partial charge in [-0.2, -0.15) is 0 Å². The molecule has 0 saturated carbocycles. The van der Waals surface area contributed by atoms with E-state index in [9.17, 15) is 9.90 Å². The molecule has 0 aliphatic heterocycles. The van der Waals surface area contributed by atoms with Gasteiger partial charge in [0.15, 0.2) is 0 Å². The summed E-state index contributed by atoms with van der Waals surface area (Å²) in [6.45, 7) is 0.387. The average molecular weight is 319 g/mol. The van der Waals surface area contributed by atoms with Gasteiger partial charge < -0.3 is 15.2 Å². The van der Waals surface area contributed by atoms with Crippen molar-refractivity contribution in [3.8, 4) is 22.6 Å². The van der Waals surface area contributed by atoms with Crippen LogP contribution in [0.15, 0.2) is 78.9 Å². The molecular weight excluding hydrogens is 302 g/mol. The molecule has 4 nitrogen and oxygen atoms in total. The second-order valence-corrected chi connectivity index (χ2v) is 5.24. The zero-order valence-corrected chi connectivity index (χ0v) is 13.0. The highest BCUT2D eigenvalue weighted by Crippen LogP contribution is 2.35. The predicted molar refractivity (Wildman–Crippen MR) is 92.8 cm³/mol. The number of rotatable bonds is 4. The van der Waals surface area contributed by atoms with Crippen molar-refractivity contribution in [1.82, 2.24) is 5.32 Å². The predicted octanol–water partition coefficient (Wildman–Crippen LogP) is 4.35. The molecule has 0 fully saturated rings. The number of aromatic hydroxyl groups is 1. The van der Waals surface area contributed by atoms with Crippen LogP contribution in [-0.2, 0) is 6.54 Å². The Balaban J connectivity index is 1.74. The van der Waals surface area contributed by atoms with E-state index in [0.29, 0.717) is 23.4 Å². The van der Waals surface area contributed by atoms with Gasteiger partial charge in [-0.3, -0.25) is 0 Å². The highest BCUT2D eigenvalue weighted by Gasteiger charge is 2.12. The van der Waals surface area contributed by atoms with E-state index in [1.807, 2.05) is 42.5 Å². The van der Waals surface area contributed by atoms with E-state index < -0.39 is 6.09 Å². The summed E-state index contributed by atoms with van der Waals surface area (Å²) >= 11 is 0. The fourth-order valence-electron chi connectivity index (χ4n) is 2.39. The Morgan fingerprint density at radius 1 is 0.833 bits per heavy atom. The molecule has 0 spiro atoms. The first-order valence-electron chi connectivity index (χ1n) is 7.61. The Morgan fingerprint density at radius 3 is 2.21 bits per heavy atom. The molecule has 3 aromatic rings. The summed E-state index contributed by atoms with van der Waals surface area (Å²) in [6.07, 6.45) is -0.540. The maximum atomic E-state index is 12.1. The molecule has 2 N–H and O–H groups in total. The fourth-order valence-corrected chi connectivity index (χ4v) is 2.39. The third kappa shape index (κ3) is 3.73. The number of para-hydroxylation sites is 2. The highest BCUT2D eigenvalue weighted by molar-refractivity contribution is 5.79. The number of benzene rings is 3. The van der Waals surface area contributed by atoms with Crippen LogP contribution in [0.1, 0.15) is 5.56 Å². The number of ether oxygens (including phenoxy) is 1. The Hall–Kier alpha value is -3.27. The van der Waals surface area contributed by atoms with Gasteiger partial charge in [-0.1, -0.05) is 66.7 Å². The molecule has 3 rings (SSSR count). The van der Waals surface area contributed by atoms with E-state index in [-0.39, 0.29) is 5.75 Å². The maximum Gasteiger partial charge on any atom is 0.412 e. The molecule has 0 radical (unpaired) electrons. The molecule has 0 aromatic heterocycles. The molecule has 4 heteroatoms. The van der Waals surface area contributed by atoms with Crippen LogP contribution in [0.25, 0.3) is 11.1 Å². The van der Waals surface area contributed by atoms with Gasteiger partial charge in [-0.15, -0.1) is 0 Å². The minimum atomic E-state index is -0.540. The van der Waals surface area contributed by atoms with Crippen LogP contribution >= 0.6 is 0 Å². The first-order chi connectivity index (χ1) is 11.7. The Morgan fingerprint density at radius 2 is 1.46 bits per heavy atom. The molecule has 0 saturated heterocycles. The van der Waals surface area contributed by atoms with Crippen LogP contribution in [0.4, 0.5) is 4.79 Å². The van der Waals surface area contributed by atoms with E-state index in [4.69, 9.17) is 4.74 Å². The summed E-state index contributed by atoms with van der Waals surface area (Å²) in [6, 6.07) is 23.7. The number of carbonyl (C=O) groups is 1. The largest absolute Gasteiger partial charge is 0.507 e. The lowest BCUT2D eigenvalue weighted by atomic mass is 10.0. The molecule has 0 aliphatic carbocycles. The molecule has 0 heterocycles. The van der Waals surface area contributed by atoms with E-state index in [2.05, 4.69) is 5.32 Å². The summed E-state index contributed by atoms with van der Waals surface area (Å²) in [7, 11) is 0. The van der Waals surface area contributed by atoms with Crippen molar-refractivity contribution in [3.63, 3.8) is 0 Å². The molecule has 0 aliphatic rings. The van der Waals surface area contributed by atoms with Gasteiger partial charge in [0, 0.05) is 17.7 Å². The minimum Gasteiger partial charge on any atom is -0.507 e. The van der Waals surface area contributed by atoms with Gasteiger partial charge >= 0.3 is 6.09 Å². The molecule has 0 atom stereocenters. The first kappa shape index (κ1) is 15.6. The fraction of sp³-hybridized carbons (Fsp3) is 0.0500. The van der Waals surface area contributed by atoms with Crippen molar-refractivity contribution < 1.29 is 14.6 Å². The standard InChI is InChI=1S/C20H17NO3/c22-18-12-6-4-10-16(18)17-11-5-7-13-19(17)24-20(23)21-14-15-8-2-1-3-9-15/h1-13,22H,14H2,(H,21,23).